The number of thiazole rings is 1. The van der Waals surface area contributed by atoms with E-state index >= 15 is 0 Å². The lowest BCUT2D eigenvalue weighted by atomic mass is 10.1. The van der Waals surface area contributed by atoms with Crippen LogP contribution in [0.2, 0.25) is 0 Å². The summed E-state index contributed by atoms with van der Waals surface area (Å²) in [5.74, 6) is 1.64. The van der Waals surface area contributed by atoms with Crippen LogP contribution >= 0.6 is 23.1 Å². The molecule has 2 aromatic carbocycles. The van der Waals surface area contributed by atoms with Gasteiger partial charge >= 0.3 is 0 Å². The quantitative estimate of drug-likeness (QED) is 0.431. The van der Waals surface area contributed by atoms with E-state index in [0.717, 1.165) is 28.0 Å². The first-order chi connectivity index (χ1) is 14.2. The van der Waals surface area contributed by atoms with Gasteiger partial charge in [-0.15, -0.1) is 21.5 Å². The lowest BCUT2D eigenvalue weighted by Gasteiger charge is -2.07. The molecule has 0 saturated carbocycles. The lowest BCUT2D eigenvalue weighted by molar-refractivity contribution is 0.0954. The Morgan fingerprint density at radius 1 is 1.17 bits per heavy atom. The Kier molecular flexibility index (Phi) is 6.21. The summed E-state index contributed by atoms with van der Waals surface area (Å²) in [5.41, 5.74) is 2.88. The van der Waals surface area contributed by atoms with Crippen LogP contribution in [0.3, 0.4) is 0 Å². The molecule has 0 atom stereocenters. The minimum absolute atomic E-state index is 0.0714. The third kappa shape index (κ3) is 4.83. The molecule has 8 heteroatoms. The fourth-order valence-electron chi connectivity index (χ4n) is 2.94. The van der Waals surface area contributed by atoms with Gasteiger partial charge in [-0.2, -0.15) is 0 Å². The number of hydrogen-bond acceptors (Lipinski definition) is 6. The summed E-state index contributed by atoms with van der Waals surface area (Å²) in [6.07, 6.45) is 2.37. The van der Waals surface area contributed by atoms with Crippen LogP contribution in [-0.4, -0.2) is 32.2 Å². The van der Waals surface area contributed by atoms with Crippen LogP contribution in [0, 0.1) is 0 Å². The molecular formula is C21H21N5OS2. The van der Waals surface area contributed by atoms with E-state index in [0.29, 0.717) is 18.5 Å². The van der Waals surface area contributed by atoms with Gasteiger partial charge in [0.15, 0.2) is 4.34 Å². The Morgan fingerprint density at radius 3 is 2.79 bits per heavy atom. The van der Waals surface area contributed by atoms with E-state index in [2.05, 4.69) is 26.6 Å². The fourth-order valence-corrected chi connectivity index (χ4v) is 4.96. The number of thioether (sulfide) groups is 1. The monoisotopic (exact) mass is 423 g/mol. The second kappa shape index (κ2) is 9.19. The fraction of sp³-hybridized carbons (Fsp3) is 0.238. The Bertz CT molecular complexity index is 1070. The summed E-state index contributed by atoms with van der Waals surface area (Å²) < 4.78 is 4.25. The smallest absolute Gasteiger partial charge is 0.251 e. The van der Waals surface area contributed by atoms with Gasteiger partial charge in [-0.1, -0.05) is 36.0 Å². The summed E-state index contributed by atoms with van der Waals surface area (Å²) in [6.45, 7) is 3.40. The molecule has 0 radical (unpaired) electrons. The number of carbonyl (C=O) groups is 1. The molecule has 6 nitrogen and oxygen atoms in total. The van der Waals surface area contributed by atoms with E-state index < -0.39 is 0 Å². The van der Waals surface area contributed by atoms with E-state index in [1.54, 1.807) is 29.4 Å². The van der Waals surface area contributed by atoms with Crippen molar-refractivity contribution in [3.63, 3.8) is 0 Å². The third-order valence-corrected chi connectivity index (χ3v) is 6.77. The highest BCUT2D eigenvalue weighted by atomic mass is 32.2. The molecule has 0 aliphatic rings. The zero-order valence-corrected chi connectivity index (χ0v) is 17.7. The van der Waals surface area contributed by atoms with Crippen molar-refractivity contribution in [3.05, 3.63) is 71.8 Å². The minimum Gasteiger partial charge on any atom is -0.352 e. The molecule has 29 heavy (non-hydrogen) atoms. The Morgan fingerprint density at radius 2 is 2.00 bits per heavy atom. The maximum absolute atomic E-state index is 12.4. The van der Waals surface area contributed by atoms with Gasteiger partial charge in [-0.05, 0) is 36.8 Å². The van der Waals surface area contributed by atoms with Crippen LogP contribution in [-0.2, 0) is 18.7 Å². The zero-order valence-electron chi connectivity index (χ0n) is 16.0. The first-order valence-corrected chi connectivity index (χ1v) is 11.3. The molecule has 2 heterocycles. The van der Waals surface area contributed by atoms with E-state index in [-0.39, 0.29) is 5.91 Å². The molecule has 148 valence electrons. The van der Waals surface area contributed by atoms with Crippen molar-refractivity contribution in [2.45, 2.75) is 30.0 Å². The summed E-state index contributed by atoms with van der Waals surface area (Å²) in [4.78, 5) is 17.0. The number of aromatic nitrogens is 4. The van der Waals surface area contributed by atoms with Crippen LogP contribution in [0.25, 0.3) is 10.2 Å². The van der Waals surface area contributed by atoms with E-state index in [9.17, 15) is 4.79 Å². The summed E-state index contributed by atoms with van der Waals surface area (Å²) in [5, 5.41) is 10.9. The second-order valence-corrected chi connectivity index (χ2v) is 8.73. The predicted molar refractivity (Wildman–Crippen MR) is 117 cm³/mol. The van der Waals surface area contributed by atoms with Gasteiger partial charge in [-0.25, -0.2) is 4.98 Å². The molecule has 0 bridgehead atoms. The SMILES string of the molecule is CCn1cnnc1CCNC(=O)c1ccc(CSc2nc3ccccc3s2)cc1. The number of amides is 1. The number of nitrogens with one attached hydrogen (secondary N) is 1. The molecule has 2 aromatic heterocycles. The maximum Gasteiger partial charge on any atom is 0.251 e. The summed E-state index contributed by atoms with van der Waals surface area (Å²) in [7, 11) is 0. The number of rotatable bonds is 8. The molecule has 1 amide bonds. The number of benzene rings is 2. The molecule has 0 fully saturated rings. The van der Waals surface area contributed by atoms with Crippen molar-refractivity contribution >= 4 is 39.2 Å². The van der Waals surface area contributed by atoms with Crippen LogP contribution in [0.5, 0.6) is 0 Å². The minimum atomic E-state index is -0.0714. The van der Waals surface area contributed by atoms with Crippen molar-refractivity contribution in [1.29, 1.82) is 0 Å². The summed E-state index contributed by atoms with van der Waals surface area (Å²) >= 11 is 3.43. The highest BCUT2D eigenvalue weighted by molar-refractivity contribution is 8.00. The van der Waals surface area contributed by atoms with Crippen molar-refractivity contribution in [3.8, 4) is 0 Å². The van der Waals surface area contributed by atoms with E-state index in [1.165, 1.54) is 10.3 Å². The number of nitrogens with zero attached hydrogens (tertiary/aromatic N) is 4. The number of para-hydroxylation sites is 1. The standard InChI is InChI=1S/C21H21N5OS2/c1-2-26-14-23-25-19(26)11-12-22-20(27)16-9-7-15(8-10-16)13-28-21-24-17-5-3-4-6-18(17)29-21/h3-10,14H,2,11-13H2,1H3,(H,22,27). The van der Waals surface area contributed by atoms with Crippen molar-refractivity contribution in [1.82, 2.24) is 25.1 Å². The van der Waals surface area contributed by atoms with Crippen LogP contribution in [0.1, 0.15) is 28.7 Å². The molecule has 4 rings (SSSR count). The predicted octanol–water partition coefficient (Wildman–Crippen LogP) is 4.17. The molecule has 4 aromatic rings. The van der Waals surface area contributed by atoms with Gasteiger partial charge in [0.1, 0.15) is 12.2 Å². The Hall–Kier alpha value is -2.71. The van der Waals surface area contributed by atoms with Crippen LogP contribution < -0.4 is 5.32 Å². The second-order valence-electron chi connectivity index (χ2n) is 6.47. The Balaban J connectivity index is 1.28. The highest BCUT2D eigenvalue weighted by Gasteiger charge is 2.08. The topological polar surface area (TPSA) is 72.7 Å². The largest absolute Gasteiger partial charge is 0.352 e. The Labute approximate surface area is 177 Å². The molecule has 0 unspecified atom stereocenters. The van der Waals surface area contributed by atoms with Crippen LogP contribution in [0.4, 0.5) is 0 Å². The third-order valence-electron chi connectivity index (χ3n) is 4.52. The van der Waals surface area contributed by atoms with Crippen molar-refractivity contribution in [2.24, 2.45) is 0 Å². The van der Waals surface area contributed by atoms with Gasteiger partial charge < -0.3 is 9.88 Å². The van der Waals surface area contributed by atoms with Crippen molar-refractivity contribution in [2.75, 3.05) is 6.54 Å². The molecule has 0 spiro atoms. The zero-order chi connectivity index (χ0) is 20.1. The lowest BCUT2D eigenvalue weighted by Crippen LogP contribution is -2.26. The normalized spacial score (nSPS) is 11.1. The summed E-state index contributed by atoms with van der Waals surface area (Å²) in [6, 6.07) is 15.9. The van der Waals surface area contributed by atoms with Crippen molar-refractivity contribution < 1.29 is 4.79 Å². The molecule has 0 aliphatic heterocycles. The number of fused-ring (bicyclic) bond motifs is 1. The van der Waals surface area contributed by atoms with Crippen LogP contribution in [0.15, 0.2) is 59.2 Å². The number of aryl methyl sites for hydroxylation is 1. The molecule has 0 aliphatic carbocycles. The van der Waals surface area contributed by atoms with E-state index in [1.807, 2.05) is 54.0 Å². The average molecular weight is 424 g/mol. The van der Waals surface area contributed by atoms with E-state index in [4.69, 9.17) is 0 Å². The highest BCUT2D eigenvalue weighted by Crippen LogP contribution is 2.31. The number of carbonyl (C=O) groups excluding carboxylic acids is 1. The van der Waals surface area contributed by atoms with Gasteiger partial charge in [0.25, 0.3) is 5.91 Å². The molecule has 0 saturated heterocycles. The average Bonchev–Trinajstić information content (AvgIpc) is 3.38. The first kappa shape index (κ1) is 19.6. The van der Waals surface area contributed by atoms with Gasteiger partial charge in [0.05, 0.1) is 10.2 Å². The molecule has 1 N–H and O–H groups in total. The van der Waals surface area contributed by atoms with Gasteiger partial charge in [-0.3, -0.25) is 4.79 Å². The van der Waals surface area contributed by atoms with Gasteiger partial charge in [0, 0.05) is 30.8 Å². The first-order valence-electron chi connectivity index (χ1n) is 9.45. The number of hydrogen-bond donors (Lipinski definition) is 1. The molecular weight excluding hydrogens is 402 g/mol. The van der Waals surface area contributed by atoms with Gasteiger partial charge in [0.2, 0.25) is 0 Å². The maximum atomic E-state index is 12.4.